The molecule has 0 spiro atoms. The van der Waals surface area contributed by atoms with Crippen LogP contribution in [0.2, 0.25) is 0 Å². The van der Waals surface area contributed by atoms with Crippen LogP contribution < -0.4 is 10.3 Å². The zero-order valence-electron chi connectivity index (χ0n) is 17.0. The first-order valence-electron chi connectivity index (χ1n) is 10.0. The van der Waals surface area contributed by atoms with Crippen molar-refractivity contribution in [3.8, 4) is 22.3 Å². The minimum Gasteiger partial charge on any atom is -0.383 e. The Morgan fingerprint density at radius 2 is 1.32 bits per heavy atom. The second-order valence-corrected chi connectivity index (χ2v) is 8.08. The van der Waals surface area contributed by atoms with E-state index in [1.165, 1.54) is 55.7 Å². The van der Waals surface area contributed by atoms with Gasteiger partial charge in [-0.3, -0.25) is 0 Å². The molecule has 2 aliphatic heterocycles. The number of para-hydroxylation sites is 1. The molecule has 2 heterocycles. The van der Waals surface area contributed by atoms with E-state index in [0.29, 0.717) is 0 Å². The van der Waals surface area contributed by atoms with Crippen molar-refractivity contribution < 1.29 is 0 Å². The summed E-state index contributed by atoms with van der Waals surface area (Å²) in [5.74, 6) is 2.41. The number of benzene rings is 3. The van der Waals surface area contributed by atoms with Crippen LogP contribution in [-0.4, -0.2) is 6.85 Å². The zero-order chi connectivity index (χ0) is 19.4. The van der Waals surface area contributed by atoms with Gasteiger partial charge in [0.25, 0.3) is 0 Å². The summed E-state index contributed by atoms with van der Waals surface area (Å²) in [5, 5.41) is 0. The highest BCUT2D eigenvalue weighted by Crippen LogP contribution is 2.43. The van der Waals surface area contributed by atoms with E-state index in [1.54, 1.807) is 0 Å². The van der Waals surface area contributed by atoms with Crippen LogP contribution in [0.25, 0.3) is 22.3 Å². The molecular weight excluding hydrogens is 337 g/mol. The summed E-state index contributed by atoms with van der Waals surface area (Å²) in [6.45, 7) is 9.11. The summed E-state index contributed by atoms with van der Waals surface area (Å²) in [4.78, 5) is 2.47. The third-order valence-corrected chi connectivity index (χ3v) is 6.17. The van der Waals surface area contributed by atoms with Gasteiger partial charge in [-0.25, -0.2) is 0 Å². The van der Waals surface area contributed by atoms with Crippen LogP contribution in [0.4, 0.5) is 5.69 Å². The first-order chi connectivity index (χ1) is 13.6. The molecule has 0 unspecified atom stereocenters. The Balaban J connectivity index is 1.99. The van der Waals surface area contributed by atoms with E-state index in [1.807, 2.05) is 0 Å². The Labute approximate surface area is 168 Å². The van der Waals surface area contributed by atoms with Crippen LogP contribution in [0.15, 0.2) is 78.4 Å². The van der Waals surface area contributed by atoms with E-state index in [0.717, 1.165) is 0 Å². The van der Waals surface area contributed by atoms with Gasteiger partial charge in [-0.2, -0.15) is 0 Å². The van der Waals surface area contributed by atoms with Gasteiger partial charge in [0.1, 0.15) is 0 Å². The molecule has 136 valence electrons. The summed E-state index contributed by atoms with van der Waals surface area (Å²) < 4.78 is 0. The summed E-state index contributed by atoms with van der Waals surface area (Å²) in [6, 6.07) is 20.1. The first-order valence-corrected chi connectivity index (χ1v) is 10.0. The third-order valence-electron chi connectivity index (χ3n) is 6.17. The van der Waals surface area contributed by atoms with E-state index in [9.17, 15) is 0 Å². The molecule has 0 saturated heterocycles. The maximum Gasteiger partial charge on any atom is 0.321 e. The molecule has 0 bridgehead atoms. The van der Waals surface area contributed by atoms with Gasteiger partial charge in [0.05, 0.1) is 0 Å². The van der Waals surface area contributed by atoms with E-state index < -0.39 is 0 Å². The van der Waals surface area contributed by atoms with Crippen molar-refractivity contribution in [2.75, 3.05) is 4.81 Å². The molecular formula is C26H24BN. The van der Waals surface area contributed by atoms with Gasteiger partial charge >= 0.3 is 6.85 Å². The van der Waals surface area contributed by atoms with Crippen molar-refractivity contribution in [3.63, 3.8) is 0 Å². The molecule has 3 aromatic rings. The fourth-order valence-corrected chi connectivity index (χ4v) is 4.87. The monoisotopic (exact) mass is 361 g/mol. The van der Waals surface area contributed by atoms with Crippen LogP contribution in [0.3, 0.4) is 0 Å². The summed E-state index contributed by atoms with van der Waals surface area (Å²) in [5.41, 5.74) is 13.4. The molecule has 28 heavy (non-hydrogen) atoms. The largest absolute Gasteiger partial charge is 0.383 e. The van der Waals surface area contributed by atoms with E-state index in [-0.39, 0.29) is 6.85 Å². The Bertz CT molecular complexity index is 1170. The van der Waals surface area contributed by atoms with Crippen molar-refractivity contribution in [2.45, 2.75) is 27.7 Å². The minimum atomic E-state index is 0.203. The van der Waals surface area contributed by atoms with E-state index >= 15 is 0 Å². The molecule has 0 fully saturated rings. The molecule has 0 saturated carbocycles. The topological polar surface area (TPSA) is 3.24 Å². The van der Waals surface area contributed by atoms with Crippen LogP contribution in [0, 0.1) is 20.8 Å². The van der Waals surface area contributed by atoms with E-state index in [4.69, 9.17) is 0 Å². The number of hydrogen-bond acceptors (Lipinski definition) is 1. The van der Waals surface area contributed by atoms with Gasteiger partial charge in [0.15, 0.2) is 0 Å². The van der Waals surface area contributed by atoms with Crippen LogP contribution in [0.1, 0.15) is 23.6 Å². The van der Waals surface area contributed by atoms with Crippen LogP contribution in [-0.2, 0) is 0 Å². The minimum absolute atomic E-state index is 0.203. The third kappa shape index (κ3) is 2.41. The molecule has 0 atom stereocenters. The maximum atomic E-state index is 2.47. The predicted octanol–water partition coefficient (Wildman–Crippen LogP) is 5.98. The SMILES string of the molecule is CC1=CB2c3c(C)cccc3-c3c(C)cccc3-c3cccc(C)c3N2C=C1. The van der Waals surface area contributed by atoms with Crippen molar-refractivity contribution in [1.82, 2.24) is 0 Å². The number of nitrogens with zero attached hydrogens (tertiary/aromatic N) is 1. The lowest BCUT2D eigenvalue weighted by molar-refractivity contribution is 1.29. The Morgan fingerprint density at radius 3 is 2.11 bits per heavy atom. The van der Waals surface area contributed by atoms with Gasteiger partial charge in [-0.15, -0.1) is 0 Å². The highest BCUT2D eigenvalue weighted by Gasteiger charge is 2.34. The van der Waals surface area contributed by atoms with Gasteiger partial charge in [-0.05, 0) is 73.3 Å². The standard InChI is InChI=1S/C26H24BN/c1-17-14-15-28-26-20(4)10-7-12-22(26)21-11-5-8-18(2)24(21)23-13-6-9-19(3)25(23)27(28)16-17/h5-16H,1-4H3. The molecule has 2 heteroatoms. The van der Waals surface area contributed by atoms with Gasteiger partial charge < -0.3 is 4.81 Å². The fourth-order valence-electron chi connectivity index (χ4n) is 4.87. The smallest absolute Gasteiger partial charge is 0.321 e. The molecule has 3 aromatic carbocycles. The lowest BCUT2D eigenvalue weighted by atomic mass is 9.49. The van der Waals surface area contributed by atoms with Gasteiger partial charge in [0, 0.05) is 11.3 Å². The van der Waals surface area contributed by atoms with Crippen LogP contribution in [0.5, 0.6) is 0 Å². The van der Waals surface area contributed by atoms with Crippen molar-refractivity contribution in [2.24, 2.45) is 0 Å². The number of hydrogen-bond donors (Lipinski definition) is 0. The molecule has 0 aromatic heterocycles. The average molecular weight is 361 g/mol. The molecule has 0 radical (unpaired) electrons. The average Bonchev–Trinajstić information content (AvgIpc) is 2.67. The van der Waals surface area contributed by atoms with Crippen molar-refractivity contribution in [1.29, 1.82) is 0 Å². The maximum absolute atomic E-state index is 2.47. The Morgan fingerprint density at radius 1 is 0.679 bits per heavy atom. The predicted molar refractivity (Wildman–Crippen MR) is 122 cm³/mol. The second kappa shape index (κ2) is 6.27. The number of fused-ring (bicyclic) bond motifs is 8. The quantitative estimate of drug-likeness (QED) is 0.446. The van der Waals surface area contributed by atoms with Crippen molar-refractivity contribution in [3.05, 3.63) is 95.1 Å². The lowest BCUT2D eigenvalue weighted by Crippen LogP contribution is -2.49. The van der Waals surface area contributed by atoms with Crippen LogP contribution >= 0.6 is 0 Å². The summed E-state index contributed by atoms with van der Waals surface area (Å²) in [7, 11) is 0. The van der Waals surface area contributed by atoms with Gasteiger partial charge in [0.2, 0.25) is 0 Å². The zero-order valence-corrected chi connectivity index (χ0v) is 17.0. The highest BCUT2D eigenvalue weighted by atomic mass is 15.1. The number of allylic oxidation sites excluding steroid dienone is 2. The molecule has 0 amide bonds. The molecule has 2 aliphatic rings. The second-order valence-electron chi connectivity index (χ2n) is 8.08. The molecule has 1 nitrogen and oxygen atoms in total. The molecule has 5 rings (SSSR count). The van der Waals surface area contributed by atoms with E-state index in [2.05, 4.69) is 105 Å². The first kappa shape index (κ1) is 17.1. The Hall–Kier alpha value is -3.00. The highest BCUT2D eigenvalue weighted by molar-refractivity contribution is 6.83. The molecule has 0 aliphatic carbocycles. The lowest BCUT2D eigenvalue weighted by Gasteiger charge is -2.37. The number of rotatable bonds is 0. The summed E-state index contributed by atoms with van der Waals surface area (Å²) in [6.07, 6.45) is 4.49. The Kier molecular flexibility index (Phi) is 3.84. The molecule has 0 N–H and O–H groups in total. The number of anilines is 1. The normalized spacial score (nSPS) is 14.4. The van der Waals surface area contributed by atoms with Crippen molar-refractivity contribution >= 4 is 18.0 Å². The summed E-state index contributed by atoms with van der Waals surface area (Å²) >= 11 is 0. The van der Waals surface area contributed by atoms with Gasteiger partial charge in [-0.1, -0.05) is 71.7 Å². The number of aryl methyl sites for hydroxylation is 3. The fraction of sp³-hybridized carbons (Fsp3) is 0.154.